The third-order valence-corrected chi connectivity index (χ3v) is 3.99. The van der Waals surface area contributed by atoms with Crippen LogP contribution in [0, 0.1) is 5.82 Å². The van der Waals surface area contributed by atoms with Crippen molar-refractivity contribution in [3.63, 3.8) is 0 Å². The molecule has 1 N–H and O–H groups in total. The maximum Gasteiger partial charge on any atom is 0.228 e. The average molecular weight is 329 g/mol. The molecule has 0 saturated carbocycles. The Morgan fingerprint density at radius 3 is 2.38 bits per heavy atom. The highest BCUT2D eigenvalue weighted by Gasteiger charge is 2.16. The van der Waals surface area contributed by atoms with E-state index >= 15 is 0 Å². The molecule has 1 fully saturated rings. The van der Waals surface area contributed by atoms with E-state index in [-0.39, 0.29) is 18.1 Å². The molecule has 0 bridgehead atoms. The van der Waals surface area contributed by atoms with Crippen LogP contribution in [0.4, 0.5) is 16.0 Å². The van der Waals surface area contributed by atoms with Crippen molar-refractivity contribution in [2.45, 2.75) is 6.42 Å². The van der Waals surface area contributed by atoms with Crippen molar-refractivity contribution < 1.29 is 9.18 Å². The summed E-state index contributed by atoms with van der Waals surface area (Å²) in [6.07, 6.45) is 3.41. The van der Waals surface area contributed by atoms with E-state index < -0.39 is 0 Å². The summed E-state index contributed by atoms with van der Waals surface area (Å²) in [4.78, 5) is 25.1. The van der Waals surface area contributed by atoms with Crippen molar-refractivity contribution in [1.82, 2.24) is 14.9 Å². The van der Waals surface area contributed by atoms with Gasteiger partial charge in [-0.1, -0.05) is 12.1 Å². The van der Waals surface area contributed by atoms with Crippen LogP contribution in [-0.2, 0) is 11.2 Å². The maximum atomic E-state index is 12.9. The predicted molar refractivity (Wildman–Crippen MR) is 90.5 cm³/mol. The van der Waals surface area contributed by atoms with Crippen LogP contribution in [0.15, 0.2) is 36.7 Å². The van der Waals surface area contributed by atoms with Gasteiger partial charge in [0.05, 0.1) is 24.5 Å². The third kappa shape index (κ3) is 4.26. The topological polar surface area (TPSA) is 61.4 Å². The fourth-order valence-electron chi connectivity index (χ4n) is 2.55. The first-order valence-electron chi connectivity index (χ1n) is 7.90. The average Bonchev–Trinajstić information content (AvgIpc) is 2.58. The number of rotatable bonds is 4. The van der Waals surface area contributed by atoms with Crippen molar-refractivity contribution in [1.29, 1.82) is 0 Å². The van der Waals surface area contributed by atoms with Crippen LogP contribution in [-0.4, -0.2) is 54.0 Å². The standard InChI is InChI=1S/C17H20FN5O/c1-22-6-8-23(9-7-22)17-19-11-15(12-20-17)21-16(24)10-13-2-4-14(18)5-3-13/h2-5,11-12H,6-10H2,1H3,(H,21,24). The molecule has 1 aliphatic heterocycles. The number of halogens is 1. The summed E-state index contributed by atoms with van der Waals surface area (Å²) in [5.41, 5.74) is 1.31. The number of carbonyl (C=O) groups excluding carboxylic acids is 1. The van der Waals surface area contributed by atoms with Crippen molar-refractivity contribution >= 4 is 17.5 Å². The molecule has 1 saturated heterocycles. The molecule has 24 heavy (non-hydrogen) atoms. The highest BCUT2D eigenvalue weighted by atomic mass is 19.1. The van der Waals surface area contributed by atoms with E-state index in [2.05, 4.69) is 32.1 Å². The summed E-state index contributed by atoms with van der Waals surface area (Å²) in [7, 11) is 2.10. The minimum atomic E-state index is -0.313. The molecular weight excluding hydrogens is 309 g/mol. The molecule has 0 unspecified atom stereocenters. The third-order valence-electron chi connectivity index (χ3n) is 3.99. The fourth-order valence-corrected chi connectivity index (χ4v) is 2.55. The molecular formula is C17H20FN5O. The summed E-state index contributed by atoms with van der Waals surface area (Å²) in [6, 6.07) is 5.89. The van der Waals surface area contributed by atoms with Gasteiger partial charge >= 0.3 is 0 Å². The normalized spacial score (nSPS) is 15.3. The van der Waals surface area contributed by atoms with E-state index in [0.29, 0.717) is 11.6 Å². The molecule has 1 aromatic heterocycles. The van der Waals surface area contributed by atoms with Crippen molar-refractivity contribution in [2.24, 2.45) is 0 Å². The Labute approximate surface area is 140 Å². The van der Waals surface area contributed by atoms with Crippen LogP contribution in [0.5, 0.6) is 0 Å². The van der Waals surface area contributed by atoms with E-state index in [1.165, 1.54) is 12.1 Å². The fraction of sp³-hybridized carbons (Fsp3) is 0.353. The number of aromatic nitrogens is 2. The molecule has 1 aromatic carbocycles. The van der Waals surface area contributed by atoms with E-state index in [1.54, 1.807) is 24.5 Å². The molecule has 126 valence electrons. The Morgan fingerprint density at radius 1 is 1.12 bits per heavy atom. The molecule has 1 aliphatic rings. The number of carbonyl (C=O) groups is 1. The zero-order chi connectivity index (χ0) is 16.9. The van der Waals surface area contributed by atoms with Gasteiger partial charge in [0.1, 0.15) is 5.82 Å². The summed E-state index contributed by atoms with van der Waals surface area (Å²) in [6.45, 7) is 3.76. The minimum Gasteiger partial charge on any atom is -0.338 e. The lowest BCUT2D eigenvalue weighted by Crippen LogP contribution is -2.45. The number of nitrogens with zero attached hydrogens (tertiary/aromatic N) is 4. The van der Waals surface area contributed by atoms with Gasteiger partial charge in [-0.3, -0.25) is 4.79 Å². The number of amides is 1. The van der Waals surface area contributed by atoms with Gasteiger partial charge in [0.2, 0.25) is 11.9 Å². The van der Waals surface area contributed by atoms with Gasteiger partial charge in [-0.2, -0.15) is 0 Å². The monoisotopic (exact) mass is 329 g/mol. The molecule has 2 aromatic rings. The minimum absolute atomic E-state index is 0.181. The van der Waals surface area contributed by atoms with Crippen LogP contribution in [0.1, 0.15) is 5.56 Å². The van der Waals surface area contributed by atoms with Gasteiger partial charge in [0.25, 0.3) is 0 Å². The first-order valence-corrected chi connectivity index (χ1v) is 7.90. The first kappa shape index (κ1) is 16.3. The smallest absolute Gasteiger partial charge is 0.228 e. The molecule has 0 aliphatic carbocycles. The number of piperazine rings is 1. The summed E-state index contributed by atoms with van der Waals surface area (Å²) >= 11 is 0. The van der Waals surface area contributed by atoms with E-state index in [9.17, 15) is 9.18 Å². The lowest BCUT2D eigenvalue weighted by Gasteiger charge is -2.32. The molecule has 0 atom stereocenters. The number of nitrogens with one attached hydrogen (secondary N) is 1. The van der Waals surface area contributed by atoms with Crippen molar-refractivity contribution in [3.8, 4) is 0 Å². The molecule has 7 heteroatoms. The first-order chi connectivity index (χ1) is 11.6. The van der Waals surface area contributed by atoms with Crippen molar-refractivity contribution in [3.05, 3.63) is 48.0 Å². The molecule has 3 rings (SSSR count). The number of hydrogen-bond donors (Lipinski definition) is 1. The van der Waals surface area contributed by atoms with Crippen LogP contribution in [0.2, 0.25) is 0 Å². The van der Waals surface area contributed by atoms with E-state index in [4.69, 9.17) is 0 Å². The van der Waals surface area contributed by atoms with Gasteiger partial charge in [-0.25, -0.2) is 14.4 Å². The van der Waals surface area contributed by atoms with Gasteiger partial charge in [-0.15, -0.1) is 0 Å². The molecule has 2 heterocycles. The largest absolute Gasteiger partial charge is 0.338 e. The Kier molecular flexibility index (Phi) is 5.00. The maximum absolute atomic E-state index is 12.9. The summed E-state index contributed by atoms with van der Waals surface area (Å²) < 4.78 is 12.9. The lowest BCUT2D eigenvalue weighted by atomic mass is 10.1. The summed E-state index contributed by atoms with van der Waals surface area (Å²) in [5, 5.41) is 2.76. The molecule has 6 nitrogen and oxygen atoms in total. The quantitative estimate of drug-likeness (QED) is 0.922. The lowest BCUT2D eigenvalue weighted by molar-refractivity contribution is -0.115. The Morgan fingerprint density at radius 2 is 1.75 bits per heavy atom. The zero-order valence-electron chi connectivity index (χ0n) is 13.6. The van der Waals surface area contributed by atoms with Gasteiger partial charge < -0.3 is 15.1 Å². The second kappa shape index (κ2) is 7.35. The Hall–Kier alpha value is -2.54. The van der Waals surface area contributed by atoms with Crippen LogP contribution in [0.3, 0.4) is 0 Å². The number of anilines is 2. The molecule has 0 spiro atoms. The Balaban J connectivity index is 1.55. The van der Waals surface area contributed by atoms with E-state index in [0.717, 1.165) is 31.7 Å². The number of hydrogen-bond acceptors (Lipinski definition) is 5. The molecule has 1 amide bonds. The van der Waals surface area contributed by atoms with Crippen LogP contribution in [0.25, 0.3) is 0 Å². The van der Waals surface area contributed by atoms with Gasteiger partial charge in [-0.05, 0) is 24.7 Å². The highest BCUT2D eigenvalue weighted by Crippen LogP contribution is 2.13. The predicted octanol–water partition coefficient (Wildman–Crippen LogP) is 1.55. The second-order valence-corrected chi connectivity index (χ2v) is 5.91. The Bertz CT molecular complexity index is 681. The zero-order valence-corrected chi connectivity index (χ0v) is 13.6. The number of benzene rings is 1. The van der Waals surface area contributed by atoms with Crippen LogP contribution >= 0.6 is 0 Å². The van der Waals surface area contributed by atoms with Gasteiger partial charge in [0, 0.05) is 26.2 Å². The highest BCUT2D eigenvalue weighted by molar-refractivity contribution is 5.91. The number of likely N-dealkylation sites (N-methyl/N-ethyl adjacent to an activating group) is 1. The SMILES string of the molecule is CN1CCN(c2ncc(NC(=O)Cc3ccc(F)cc3)cn2)CC1. The van der Waals surface area contributed by atoms with E-state index in [1.807, 2.05) is 0 Å². The van der Waals surface area contributed by atoms with Gasteiger partial charge in [0.15, 0.2) is 0 Å². The summed E-state index contributed by atoms with van der Waals surface area (Å²) in [5.74, 6) is 0.184. The molecule has 0 radical (unpaired) electrons. The second-order valence-electron chi connectivity index (χ2n) is 5.91. The van der Waals surface area contributed by atoms with Crippen LogP contribution < -0.4 is 10.2 Å². The van der Waals surface area contributed by atoms with Crippen molar-refractivity contribution in [2.75, 3.05) is 43.4 Å².